The lowest BCUT2D eigenvalue weighted by molar-refractivity contribution is -0.132. The van der Waals surface area contributed by atoms with Crippen LogP contribution in [0.25, 0.3) is 5.76 Å². The average molecular weight is 482 g/mol. The molecule has 1 amide bonds. The fraction of sp³-hybridized carbons (Fsp3) is 0.0833. The Balaban J connectivity index is 1.97. The van der Waals surface area contributed by atoms with E-state index in [2.05, 4.69) is 15.9 Å². The second-order valence-electron chi connectivity index (χ2n) is 6.89. The van der Waals surface area contributed by atoms with Gasteiger partial charge in [-0.1, -0.05) is 46.3 Å². The Labute approximate surface area is 186 Å². The van der Waals surface area contributed by atoms with Crippen LogP contribution in [0.15, 0.2) is 82.8 Å². The van der Waals surface area contributed by atoms with Crippen LogP contribution in [0.1, 0.15) is 17.2 Å². The van der Waals surface area contributed by atoms with Crippen LogP contribution in [0.2, 0.25) is 0 Å². The van der Waals surface area contributed by atoms with E-state index in [9.17, 15) is 19.1 Å². The van der Waals surface area contributed by atoms with Gasteiger partial charge in [-0.3, -0.25) is 14.5 Å². The van der Waals surface area contributed by atoms with Crippen molar-refractivity contribution in [2.24, 2.45) is 0 Å². The van der Waals surface area contributed by atoms with Gasteiger partial charge >= 0.3 is 0 Å². The first-order chi connectivity index (χ1) is 14.9. The summed E-state index contributed by atoms with van der Waals surface area (Å²) in [6.45, 7) is 0. The quantitative estimate of drug-likeness (QED) is 0.315. The normalized spacial score (nSPS) is 17.8. The molecule has 1 fully saturated rings. The van der Waals surface area contributed by atoms with Crippen molar-refractivity contribution in [3.05, 3.63) is 99.8 Å². The number of ketones is 1. The minimum atomic E-state index is -0.953. The Bertz CT molecular complexity index is 1190. The van der Waals surface area contributed by atoms with Crippen molar-refractivity contribution in [2.45, 2.75) is 6.04 Å². The molecule has 4 rings (SSSR count). The number of hydrogen-bond donors (Lipinski definition) is 1. The molecule has 1 saturated heterocycles. The Morgan fingerprint density at radius 3 is 2.29 bits per heavy atom. The molecule has 0 aromatic heterocycles. The number of para-hydroxylation sites is 1. The van der Waals surface area contributed by atoms with Gasteiger partial charge in [-0.15, -0.1) is 0 Å². The number of methoxy groups -OCH3 is 1. The smallest absolute Gasteiger partial charge is 0.300 e. The molecule has 1 unspecified atom stereocenters. The molecule has 0 bridgehead atoms. The fourth-order valence-corrected chi connectivity index (χ4v) is 3.91. The molecule has 0 radical (unpaired) electrons. The molecule has 0 spiro atoms. The molecule has 3 aromatic rings. The highest BCUT2D eigenvalue weighted by Crippen LogP contribution is 2.44. The molecular weight excluding hydrogens is 465 g/mol. The maximum atomic E-state index is 13.5. The number of amides is 1. The van der Waals surface area contributed by atoms with Gasteiger partial charge in [0.15, 0.2) is 0 Å². The summed E-state index contributed by atoms with van der Waals surface area (Å²) in [4.78, 5) is 27.4. The summed E-state index contributed by atoms with van der Waals surface area (Å²) in [5, 5.41) is 11.1. The minimum absolute atomic E-state index is 0.0684. The second-order valence-corrected chi connectivity index (χ2v) is 7.81. The van der Waals surface area contributed by atoms with E-state index in [4.69, 9.17) is 4.74 Å². The predicted octanol–water partition coefficient (Wildman–Crippen LogP) is 5.22. The van der Waals surface area contributed by atoms with E-state index < -0.39 is 23.5 Å². The second kappa shape index (κ2) is 8.35. The van der Waals surface area contributed by atoms with Crippen molar-refractivity contribution < 1.29 is 23.8 Å². The zero-order chi connectivity index (χ0) is 22.1. The van der Waals surface area contributed by atoms with E-state index in [1.165, 1.54) is 36.3 Å². The standard InChI is InChI=1S/C24H17BrFNO4/c1-31-19-5-3-2-4-18(19)21-20(22(28)14-6-8-15(25)9-7-14)23(29)24(30)27(21)17-12-10-16(26)11-13-17/h2-13,21,28H,1H3/b22-20-. The molecule has 7 heteroatoms. The number of aliphatic hydroxyl groups is 1. The number of carbonyl (C=O) groups is 2. The predicted molar refractivity (Wildman–Crippen MR) is 118 cm³/mol. The first-order valence-corrected chi connectivity index (χ1v) is 10.2. The van der Waals surface area contributed by atoms with E-state index in [-0.39, 0.29) is 11.3 Å². The lowest BCUT2D eigenvalue weighted by atomic mass is 9.94. The van der Waals surface area contributed by atoms with Gasteiger partial charge in [0.1, 0.15) is 17.3 Å². The SMILES string of the molecule is COc1ccccc1C1/C(=C(/O)c2ccc(Br)cc2)C(=O)C(=O)N1c1ccc(F)cc1. The van der Waals surface area contributed by atoms with Gasteiger partial charge in [0.2, 0.25) is 0 Å². The number of rotatable bonds is 4. The van der Waals surface area contributed by atoms with Gasteiger partial charge in [0.05, 0.1) is 18.7 Å². The highest BCUT2D eigenvalue weighted by atomic mass is 79.9. The van der Waals surface area contributed by atoms with Crippen LogP contribution in [-0.4, -0.2) is 23.9 Å². The number of aliphatic hydroxyl groups excluding tert-OH is 1. The van der Waals surface area contributed by atoms with E-state index in [0.29, 0.717) is 22.6 Å². The summed E-state index contributed by atoms with van der Waals surface area (Å²) in [6, 6.07) is 18.0. The number of halogens is 2. The third-order valence-corrected chi connectivity index (χ3v) is 5.63. The van der Waals surface area contributed by atoms with Crippen LogP contribution in [-0.2, 0) is 9.59 Å². The average Bonchev–Trinajstić information content (AvgIpc) is 3.05. The number of anilines is 1. The van der Waals surface area contributed by atoms with Crippen molar-refractivity contribution >= 4 is 39.1 Å². The Hall–Kier alpha value is -3.45. The summed E-state index contributed by atoms with van der Waals surface area (Å²) in [5.41, 5.74) is 1.17. The van der Waals surface area contributed by atoms with Crippen molar-refractivity contribution in [3.8, 4) is 5.75 Å². The van der Waals surface area contributed by atoms with Crippen LogP contribution < -0.4 is 9.64 Å². The van der Waals surface area contributed by atoms with Gasteiger partial charge in [-0.05, 0) is 42.5 Å². The molecule has 5 nitrogen and oxygen atoms in total. The molecule has 156 valence electrons. The zero-order valence-corrected chi connectivity index (χ0v) is 18.0. The first kappa shape index (κ1) is 20.8. The molecule has 1 atom stereocenters. The number of benzene rings is 3. The van der Waals surface area contributed by atoms with Crippen LogP contribution in [0.4, 0.5) is 10.1 Å². The monoisotopic (exact) mass is 481 g/mol. The van der Waals surface area contributed by atoms with E-state index in [1.807, 2.05) is 0 Å². The largest absolute Gasteiger partial charge is 0.507 e. The van der Waals surface area contributed by atoms with Crippen molar-refractivity contribution in [2.75, 3.05) is 12.0 Å². The van der Waals surface area contributed by atoms with Crippen LogP contribution in [0.5, 0.6) is 5.75 Å². The van der Waals surface area contributed by atoms with Crippen LogP contribution >= 0.6 is 15.9 Å². The van der Waals surface area contributed by atoms with Crippen LogP contribution in [0.3, 0.4) is 0 Å². The third-order valence-electron chi connectivity index (χ3n) is 5.10. The molecule has 1 N–H and O–H groups in total. The van der Waals surface area contributed by atoms with Crippen molar-refractivity contribution in [1.29, 1.82) is 0 Å². The molecule has 1 aliphatic heterocycles. The highest BCUT2D eigenvalue weighted by Gasteiger charge is 2.47. The van der Waals surface area contributed by atoms with Crippen molar-refractivity contribution in [1.82, 2.24) is 0 Å². The Morgan fingerprint density at radius 2 is 1.65 bits per heavy atom. The molecule has 31 heavy (non-hydrogen) atoms. The molecular formula is C24H17BrFNO4. The number of carbonyl (C=O) groups excluding carboxylic acids is 2. The first-order valence-electron chi connectivity index (χ1n) is 9.38. The highest BCUT2D eigenvalue weighted by molar-refractivity contribution is 9.10. The van der Waals surface area contributed by atoms with Gasteiger partial charge in [-0.25, -0.2) is 4.39 Å². The van der Waals surface area contributed by atoms with Crippen LogP contribution in [0, 0.1) is 5.82 Å². The maximum absolute atomic E-state index is 13.5. The summed E-state index contributed by atoms with van der Waals surface area (Å²) in [6.07, 6.45) is 0. The lowest BCUT2D eigenvalue weighted by Gasteiger charge is -2.26. The molecule has 0 aliphatic carbocycles. The third kappa shape index (κ3) is 3.72. The maximum Gasteiger partial charge on any atom is 0.300 e. The van der Waals surface area contributed by atoms with Gasteiger partial charge in [0, 0.05) is 21.3 Å². The van der Waals surface area contributed by atoms with E-state index in [1.54, 1.807) is 48.5 Å². The molecule has 1 heterocycles. The zero-order valence-electron chi connectivity index (χ0n) is 16.4. The Morgan fingerprint density at radius 1 is 1.00 bits per heavy atom. The van der Waals surface area contributed by atoms with Gasteiger partial charge < -0.3 is 9.84 Å². The summed E-state index contributed by atoms with van der Waals surface area (Å²) in [5.74, 6) is -1.97. The molecule has 0 saturated carbocycles. The lowest BCUT2D eigenvalue weighted by Crippen LogP contribution is -2.29. The van der Waals surface area contributed by atoms with Crippen molar-refractivity contribution in [3.63, 3.8) is 0 Å². The van der Waals surface area contributed by atoms with Gasteiger partial charge in [0.25, 0.3) is 11.7 Å². The number of Topliss-reactive ketones (excluding diaryl/α,β-unsaturated/α-hetero) is 1. The summed E-state index contributed by atoms with van der Waals surface area (Å²) < 4.78 is 19.8. The summed E-state index contributed by atoms with van der Waals surface area (Å²) >= 11 is 3.34. The van der Waals surface area contributed by atoms with Gasteiger partial charge in [-0.2, -0.15) is 0 Å². The minimum Gasteiger partial charge on any atom is -0.507 e. The summed E-state index contributed by atoms with van der Waals surface area (Å²) in [7, 11) is 1.48. The number of nitrogens with zero attached hydrogens (tertiary/aromatic N) is 1. The number of hydrogen-bond acceptors (Lipinski definition) is 4. The molecule has 1 aliphatic rings. The topological polar surface area (TPSA) is 66.8 Å². The van der Waals surface area contributed by atoms with E-state index in [0.717, 1.165) is 4.47 Å². The molecule has 3 aromatic carbocycles. The fourth-order valence-electron chi connectivity index (χ4n) is 3.65. The number of ether oxygens (including phenoxy) is 1. The van der Waals surface area contributed by atoms with E-state index >= 15 is 0 Å². The Kier molecular flexibility index (Phi) is 5.61.